The Morgan fingerprint density at radius 3 is 2.06 bits per heavy atom. The van der Waals surface area contributed by atoms with E-state index in [2.05, 4.69) is 22.3 Å². The minimum absolute atomic E-state index is 0.0185. The molecule has 0 unspecified atom stereocenters. The van der Waals surface area contributed by atoms with Crippen LogP contribution in [0.1, 0.15) is 38.3 Å². The molecule has 3 fully saturated rings. The average molecular weight is 510 g/mol. The lowest BCUT2D eigenvalue weighted by Crippen LogP contribution is -2.66. The first kappa shape index (κ1) is 29.7. The van der Waals surface area contributed by atoms with Crippen molar-refractivity contribution in [2.75, 3.05) is 52.5 Å². The summed E-state index contributed by atoms with van der Waals surface area (Å²) in [6.45, 7) is 6.56. The van der Waals surface area contributed by atoms with E-state index in [1.165, 1.54) is 0 Å². The van der Waals surface area contributed by atoms with Crippen molar-refractivity contribution < 1.29 is 39.5 Å². The molecule has 202 valence electrons. The van der Waals surface area contributed by atoms with Crippen LogP contribution in [0.3, 0.4) is 0 Å². The standard InChI is InChI=1S/C21H31N3O4.2C2H4O2/c25-15-21(13-22-14-21)20(27)24-10-11-28-18(12-23-8-6-17(26)7-9-23)19(24)16-4-2-1-3-5-16;2*1-2(3)4/h1-5,17-19,22,25-26H,6-15H2;2*1H3,(H,3,4)/t18-,19-;;/m0../s1. The number of carboxylic acids is 2. The summed E-state index contributed by atoms with van der Waals surface area (Å²) in [6, 6.07) is 9.90. The third kappa shape index (κ3) is 8.52. The summed E-state index contributed by atoms with van der Waals surface area (Å²) in [5.41, 5.74) is 0.363. The SMILES string of the molecule is CC(=O)O.CC(=O)O.O=C(N1CCO[C@@H](CN2CCC(O)CC2)[C@@H]1c1ccccc1)C1(CO)CNC1. The van der Waals surface area contributed by atoms with E-state index in [9.17, 15) is 15.0 Å². The van der Waals surface area contributed by atoms with Gasteiger partial charge in [-0.3, -0.25) is 14.4 Å². The first-order chi connectivity index (χ1) is 17.1. The summed E-state index contributed by atoms with van der Waals surface area (Å²) in [6.07, 6.45) is 1.23. The largest absolute Gasteiger partial charge is 0.481 e. The predicted molar refractivity (Wildman–Crippen MR) is 131 cm³/mol. The number of carboxylic acid groups (broad SMARTS) is 2. The van der Waals surface area contributed by atoms with Crippen LogP contribution in [0, 0.1) is 5.41 Å². The Bertz CT molecular complexity index is 815. The highest BCUT2D eigenvalue weighted by Crippen LogP contribution is 2.35. The fourth-order valence-electron chi connectivity index (χ4n) is 4.58. The lowest BCUT2D eigenvalue weighted by atomic mass is 9.80. The zero-order valence-electron chi connectivity index (χ0n) is 21.0. The molecule has 0 bridgehead atoms. The number of piperidine rings is 1. The number of likely N-dealkylation sites (tertiary alicyclic amines) is 1. The number of carbonyl (C=O) groups is 3. The summed E-state index contributed by atoms with van der Waals surface area (Å²) < 4.78 is 6.18. The Labute approximate surface area is 211 Å². The molecule has 3 saturated heterocycles. The van der Waals surface area contributed by atoms with E-state index in [4.69, 9.17) is 24.5 Å². The van der Waals surface area contributed by atoms with E-state index in [0.717, 1.165) is 51.9 Å². The number of hydrogen-bond donors (Lipinski definition) is 5. The minimum Gasteiger partial charge on any atom is -0.481 e. The molecule has 3 heterocycles. The van der Waals surface area contributed by atoms with Gasteiger partial charge in [-0.05, 0) is 18.4 Å². The second-order valence-corrected chi connectivity index (χ2v) is 9.38. The maximum absolute atomic E-state index is 13.4. The second-order valence-electron chi connectivity index (χ2n) is 9.38. The maximum atomic E-state index is 13.4. The van der Waals surface area contributed by atoms with Gasteiger partial charge in [0.05, 0.1) is 36.9 Å². The molecule has 0 radical (unpaired) electrons. The van der Waals surface area contributed by atoms with Crippen LogP contribution in [-0.2, 0) is 19.1 Å². The number of ether oxygens (including phenoxy) is 1. The highest BCUT2D eigenvalue weighted by Gasteiger charge is 2.49. The molecule has 1 amide bonds. The van der Waals surface area contributed by atoms with Crippen LogP contribution >= 0.6 is 0 Å². The van der Waals surface area contributed by atoms with E-state index >= 15 is 0 Å². The third-order valence-electron chi connectivity index (χ3n) is 6.43. The highest BCUT2D eigenvalue weighted by molar-refractivity contribution is 5.85. The van der Waals surface area contributed by atoms with Crippen molar-refractivity contribution in [3.63, 3.8) is 0 Å². The van der Waals surface area contributed by atoms with Gasteiger partial charge in [0.1, 0.15) is 0 Å². The lowest BCUT2D eigenvalue weighted by molar-refractivity contribution is -0.165. The molecule has 4 rings (SSSR count). The number of aliphatic hydroxyl groups is 2. The molecule has 5 N–H and O–H groups in total. The Morgan fingerprint density at radius 2 is 1.58 bits per heavy atom. The van der Waals surface area contributed by atoms with E-state index in [1.54, 1.807) is 0 Å². The summed E-state index contributed by atoms with van der Waals surface area (Å²) >= 11 is 0. The van der Waals surface area contributed by atoms with Crippen LogP contribution < -0.4 is 5.32 Å². The zero-order chi connectivity index (χ0) is 26.7. The first-order valence-electron chi connectivity index (χ1n) is 12.2. The Morgan fingerprint density at radius 1 is 1.03 bits per heavy atom. The molecule has 3 aliphatic heterocycles. The number of amides is 1. The topological polar surface area (TPSA) is 160 Å². The van der Waals surface area contributed by atoms with Crippen molar-refractivity contribution in [3.8, 4) is 0 Å². The minimum atomic E-state index is -0.833. The number of benzene rings is 1. The summed E-state index contributed by atoms with van der Waals surface area (Å²) in [5.74, 6) is -1.65. The van der Waals surface area contributed by atoms with Crippen molar-refractivity contribution in [1.29, 1.82) is 0 Å². The number of rotatable bonds is 5. The van der Waals surface area contributed by atoms with Gasteiger partial charge in [0.2, 0.25) is 5.91 Å². The molecule has 11 nitrogen and oxygen atoms in total. The summed E-state index contributed by atoms with van der Waals surface area (Å²) in [5, 5.41) is 37.7. The average Bonchev–Trinajstić information content (AvgIpc) is 2.80. The Kier molecular flexibility index (Phi) is 11.7. The van der Waals surface area contributed by atoms with Gasteiger partial charge in [-0.2, -0.15) is 0 Å². The van der Waals surface area contributed by atoms with Gasteiger partial charge in [0.25, 0.3) is 11.9 Å². The summed E-state index contributed by atoms with van der Waals surface area (Å²) in [4.78, 5) is 35.7. The highest BCUT2D eigenvalue weighted by atomic mass is 16.5. The predicted octanol–water partition coefficient (Wildman–Crippen LogP) is 0.176. The van der Waals surface area contributed by atoms with Crippen molar-refractivity contribution in [1.82, 2.24) is 15.1 Å². The van der Waals surface area contributed by atoms with Gasteiger partial charge < -0.3 is 40.3 Å². The van der Waals surface area contributed by atoms with Gasteiger partial charge >= 0.3 is 0 Å². The number of carbonyl (C=O) groups excluding carboxylic acids is 1. The van der Waals surface area contributed by atoms with E-state index in [1.807, 2.05) is 23.1 Å². The number of nitrogens with one attached hydrogen (secondary N) is 1. The van der Waals surface area contributed by atoms with Crippen LogP contribution in [0.15, 0.2) is 30.3 Å². The van der Waals surface area contributed by atoms with Crippen LogP contribution in [0.5, 0.6) is 0 Å². The fourth-order valence-corrected chi connectivity index (χ4v) is 4.58. The molecular formula is C25H39N3O8. The molecule has 2 atom stereocenters. The lowest BCUT2D eigenvalue weighted by Gasteiger charge is -2.49. The number of nitrogens with zero attached hydrogens (tertiary/aromatic N) is 2. The first-order valence-corrected chi connectivity index (χ1v) is 12.2. The number of hydrogen-bond acceptors (Lipinski definition) is 8. The normalized spacial score (nSPS) is 23.7. The van der Waals surface area contributed by atoms with Crippen molar-refractivity contribution in [2.45, 2.75) is 44.9 Å². The number of morpholine rings is 1. The van der Waals surface area contributed by atoms with Crippen LogP contribution in [0.2, 0.25) is 0 Å². The smallest absolute Gasteiger partial charge is 0.300 e. The molecule has 0 spiro atoms. The Hall–Kier alpha value is -2.57. The van der Waals surface area contributed by atoms with Gasteiger partial charge in [0.15, 0.2) is 0 Å². The molecule has 36 heavy (non-hydrogen) atoms. The van der Waals surface area contributed by atoms with Crippen LogP contribution in [0.25, 0.3) is 0 Å². The Balaban J connectivity index is 0.000000501. The van der Waals surface area contributed by atoms with Gasteiger partial charge in [0, 0.05) is 53.1 Å². The maximum Gasteiger partial charge on any atom is 0.300 e. The molecule has 11 heteroatoms. The molecule has 0 aromatic heterocycles. The van der Waals surface area contributed by atoms with Crippen molar-refractivity contribution in [3.05, 3.63) is 35.9 Å². The molecule has 0 aliphatic carbocycles. The molecule has 1 aromatic rings. The van der Waals surface area contributed by atoms with Gasteiger partial charge in [-0.1, -0.05) is 30.3 Å². The van der Waals surface area contributed by atoms with Crippen molar-refractivity contribution in [2.24, 2.45) is 5.41 Å². The molecule has 3 aliphatic rings. The molecule has 0 saturated carbocycles. The zero-order valence-corrected chi connectivity index (χ0v) is 21.0. The van der Waals surface area contributed by atoms with Crippen molar-refractivity contribution >= 4 is 17.8 Å². The van der Waals surface area contributed by atoms with Crippen LogP contribution in [-0.4, -0.2) is 113 Å². The van der Waals surface area contributed by atoms with E-state index in [0.29, 0.717) is 26.2 Å². The summed E-state index contributed by atoms with van der Waals surface area (Å²) in [7, 11) is 0. The second kappa shape index (κ2) is 14.2. The molecule has 1 aromatic carbocycles. The number of aliphatic carboxylic acids is 2. The quantitative estimate of drug-likeness (QED) is 0.370. The van der Waals surface area contributed by atoms with Gasteiger partial charge in [-0.15, -0.1) is 0 Å². The van der Waals surface area contributed by atoms with Gasteiger partial charge in [-0.25, -0.2) is 0 Å². The molecular weight excluding hydrogens is 470 g/mol. The fraction of sp³-hybridized carbons (Fsp3) is 0.640. The van der Waals surface area contributed by atoms with Crippen LogP contribution in [0.4, 0.5) is 0 Å². The third-order valence-corrected chi connectivity index (χ3v) is 6.43. The van der Waals surface area contributed by atoms with E-state index in [-0.39, 0.29) is 30.8 Å². The monoisotopic (exact) mass is 509 g/mol. The number of aliphatic hydroxyl groups excluding tert-OH is 2. The van der Waals surface area contributed by atoms with E-state index < -0.39 is 17.4 Å².